The molecule has 0 fully saturated rings. The quantitative estimate of drug-likeness (QED) is 0.870. The number of carbonyl (C=O) groups is 1. The first-order chi connectivity index (χ1) is 8.70. The Kier molecular flexibility index (Phi) is 4.33. The van der Waals surface area contributed by atoms with Gasteiger partial charge in [-0.3, -0.25) is 4.79 Å². The van der Waals surface area contributed by atoms with Crippen molar-refractivity contribution < 1.29 is 4.79 Å². The van der Waals surface area contributed by atoms with Gasteiger partial charge in [0.1, 0.15) is 0 Å². The second kappa shape index (κ2) is 5.98. The lowest BCUT2D eigenvalue weighted by atomic mass is 10.2. The number of benzene rings is 1. The highest BCUT2D eigenvalue weighted by molar-refractivity contribution is 7.19. The molecule has 0 saturated heterocycles. The summed E-state index contributed by atoms with van der Waals surface area (Å²) >= 11 is 1.81. The minimum Gasteiger partial charge on any atom is -0.359 e. The molecule has 3 nitrogen and oxygen atoms in total. The van der Waals surface area contributed by atoms with Crippen LogP contribution >= 0.6 is 11.3 Å². The van der Waals surface area contributed by atoms with Gasteiger partial charge in [0.2, 0.25) is 5.91 Å². The molecule has 0 radical (unpaired) electrons. The Morgan fingerprint density at radius 2 is 2.17 bits per heavy atom. The van der Waals surface area contributed by atoms with Crippen molar-refractivity contribution in [3.8, 4) is 0 Å². The molecule has 1 heterocycles. The van der Waals surface area contributed by atoms with E-state index in [1.807, 2.05) is 0 Å². The molecular weight excluding hydrogens is 244 g/mol. The second-order valence-electron chi connectivity index (χ2n) is 4.29. The summed E-state index contributed by atoms with van der Waals surface area (Å²) in [5, 5.41) is 7.29. The van der Waals surface area contributed by atoms with Crippen LogP contribution in [0.1, 0.15) is 24.3 Å². The van der Waals surface area contributed by atoms with E-state index in [9.17, 15) is 4.79 Å². The normalized spacial score (nSPS) is 12.6. The molecule has 18 heavy (non-hydrogen) atoms. The van der Waals surface area contributed by atoms with Crippen LogP contribution < -0.4 is 10.6 Å². The first kappa shape index (κ1) is 13.1. The summed E-state index contributed by atoms with van der Waals surface area (Å²) in [5.74, 6) is 0.0750. The number of thiophene rings is 1. The van der Waals surface area contributed by atoms with Crippen LogP contribution in [0, 0.1) is 0 Å². The smallest absolute Gasteiger partial charge is 0.221 e. The molecule has 1 amide bonds. The number of fused-ring (bicyclic) bond motifs is 1. The third-order valence-corrected chi connectivity index (χ3v) is 4.25. The third kappa shape index (κ3) is 3.09. The maximum Gasteiger partial charge on any atom is 0.221 e. The summed E-state index contributed by atoms with van der Waals surface area (Å²) in [6.45, 7) is 2.84. The highest BCUT2D eigenvalue weighted by Crippen LogP contribution is 2.29. The zero-order chi connectivity index (χ0) is 13.0. The summed E-state index contributed by atoms with van der Waals surface area (Å²) in [6, 6.07) is 10.9. The van der Waals surface area contributed by atoms with Gasteiger partial charge in [0.25, 0.3) is 0 Å². The van der Waals surface area contributed by atoms with E-state index >= 15 is 0 Å². The standard InChI is InChI=1S/C14H18N2OS/c1-10(16-8-7-14(17)15-2)13-9-11-5-3-4-6-12(11)18-13/h3-6,9-10,16H,7-8H2,1-2H3,(H,15,17). The molecule has 0 spiro atoms. The van der Waals surface area contributed by atoms with E-state index in [0.29, 0.717) is 13.0 Å². The van der Waals surface area contributed by atoms with Gasteiger partial charge in [-0.15, -0.1) is 11.3 Å². The number of hydrogen-bond donors (Lipinski definition) is 2. The van der Waals surface area contributed by atoms with Crippen molar-refractivity contribution in [2.45, 2.75) is 19.4 Å². The van der Waals surface area contributed by atoms with E-state index in [0.717, 1.165) is 0 Å². The average Bonchev–Trinajstić information content (AvgIpc) is 2.82. The highest BCUT2D eigenvalue weighted by atomic mass is 32.1. The van der Waals surface area contributed by atoms with E-state index < -0.39 is 0 Å². The summed E-state index contributed by atoms with van der Waals surface area (Å²) in [7, 11) is 1.66. The van der Waals surface area contributed by atoms with Crippen molar-refractivity contribution >= 4 is 27.3 Å². The molecule has 1 unspecified atom stereocenters. The highest BCUT2D eigenvalue weighted by Gasteiger charge is 2.09. The lowest BCUT2D eigenvalue weighted by molar-refractivity contribution is -0.120. The van der Waals surface area contributed by atoms with Crippen molar-refractivity contribution in [1.29, 1.82) is 0 Å². The number of amides is 1. The predicted molar refractivity (Wildman–Crippen MR) is 76.9 cm³/mol. The summed E-state index contributed by atoms with van der Waals surface area (Å²) < 4.78 is 1.31. The molecular formula is C14H18N2OS. The van der Waals surface area contributed by atoms with Crippen molar-refractivity contribution in [3.05, 3.63) is 35.2 Å². The molecule has 4 heteroatoms. The summed E-state index contributed by atoms with van der Waals surface area (Å²) in [4.78, 5) is 12.4. The van der Waals surface area contributed by atoms with Gasteiger partial charge in [-0.2, -0.15) is 0 Å². The molecule has 0 aliphatic rings. The third-order valence-electron chi connectivity index (χ3n) is 2.95. The minimum absolute atomic E-state index is 0.0750. The number of carbonyl (C=O) groups excluding carboxylic acids is 1. The van der Waals surface area contributed by atoms with Gasteiger partial charge in [-0.25, -0.2) is 0 Å². The van der Waals surface area contributed by atoms with Crippen LogP contribution in [0.2, 0.25) is 0 Å². The molecule has 1 aromatic carbocycles. The first-order valence-corrected chi connectivity index (χ1v) is 6.95. The number of nitrogens with one attached hydrogen (secondary N) is 2. The van der Waals surface area contributed by atoms with Gasteiger partial charge in [-0.05, 0) is 24.4 Å². The van der Waals surface area contributed by atoms with Crippen LogP contribution in [0.15, 0.2) is 30.3 Å². The molecule has 2 N–H and O–H groups in total. The van der Waals surface area contributed by atoms with Gasteiger partial charge in [0.05, 0.1) is 0 Å². The van der Waals surface area contributed by atoms with Crippen LogP contribution in [-0.4, -0.2) is 19.5 Å². The van der Waals surface area contributed by atoms with Crippen molar-refractivity contribution in [1.82, 2.24) is 10.6 Å². The summed E-state index contributed by atoms with van der Waals surface area (Å²) in [5.41, 5.74) is 0. The zero-order valence-corrected chi connectivity index (χ0v) is 11.5. The van der Waals surface area contributed by atoms with Crippen LogP contribution in [-0.2, 0) is 4.79 Å². The van der Waals surface area contributed by atoms with Crippen LogP contribution in [0.25, 0.3) is 10.1 Å². The molecule has 96 valence electrons. The zero-order valence-electron chi connectivity index (χ0n) is 10.7. The largest absolute Gasteiger partial charge is 0.359 e. The van der Waals surface area contributed by atoms with Crippen LogP contribution in [0.3, 0.4) is 0 Å². The van der Waals surface area contributed by atoms with Gasteiger partial charge in [0, 0.05) is 35.6 Å². The van der Waals surface area contributed by atoms with Crippen molar-refractivity contribution in [2.75, 3.05) is 13.6 Å². The summed E-state index contributed by atoms with van der Waals surface area (Å²) in [6.07, 6.45) is 0.520. The van der Waals surface area contributed by atoms with Crippen molar-refractivity contribution in [2.24, 2.45) is 0 Å². The van der Waals surface area contributed by atoms with Gasteiger partial charge in [0.15, 0.2) is 0 Å². The Labute approximate surface area is 111 Å². The van der Waals surface area contributed by atoms with E-state index in [2.05, 4.69) is 47.9 Å². The Bertz CT molecular complexity index is 502. The van der Waals surface area contributed by atoms with Gasteiger partial charge >= 0.3 is 0 Å². The van der Waals surface area contributed by atoms with E-state index in [1.165, 1.54) is 15.0 Å². The van der Waals surface area contributed by atoms with Crippen molar-refractivity contribution in [3.63, 3.8) is 0 Å². The van der Waals surface area contributed by atoms with Crippen LogP contribution in [0.4, 0.5) is 0 Å². The predicted octanol–water partition coefficient (Wildman–Crippen LogP) is 2.69. The lowest BCUT2D eigenvalue weighted by Crippen LogP contribution is -2.26. The van der Waals surface area contributed by atoms with E-state index in [-0.39, 0.29) is 11.9 Å². The fourth-order valence-corrected chi connectivity index (χ4v) is 2.93. The topological polar surface area (TPSA) is 41.1 Å². The van der Waals surface area contributed by atoms with Gasteiger partial charge in [-0.1, -0.05) is 18.2 Å². The second-order valence-corrected chi connectivity index (χ2v) is 5.40. The molecule has 2 rings (SSSR count). The van der Waals surface area contributed by atoms with E-state index in [4.69, 9.17) is 0 Å². The minimum atomic E-state index is 0.0750. The Morgan fingerprint density at radius 3 is 2.89 bits per heavy atom. The molecule has 0 aliphatic carbocycles. The average molecular weight is 262 g/mol. The SMILES string of the molecule is CNC(=O)CCNC(C)c1cc2ccccc2s1. The molecule has 0 bridgehead atoms. The molecule has 1 atom stereocenters. The number of hydrogen-bond acceptors (Lipinski definition) is 3. The Morgan fingerprint density at radius 1 is 1.39 bits per heavy atom. The lowest BCUT2D eigenvalue weighted by Gasteiger charge is -2.11. The Hall–Kier alpha value is -1.39. The van der Waals surface area contributed by atoms with Crippen LogP contribution in [0.5, 0.6) is 0 Å². The molecule has 2 aromatic rings. The Balaban J connectivity index is 1.96. The maximum absolute atomic E-state index is 11.1. The molecule has 1 aromatic heterocycles. The fraction of sp³-hybridized carbons (Fsp3) is 0.357. The molecule has 0 aliphatic heterocycles. The van der Waals surface area contributed by atoms with E-state index in [1.54, 1.807) is 18.4 Å². The monoisotopic (exact) mass is 262 g/mol. The maximum atomic E-state index is 11.1. The molecule has 0 saturated carbocycles. The fourth-order valence-electron chi connectivity index (χ4n) is 1.84. The first-order valence-electron chi connectivity index (χ1n) is 6.13. The van der Waals surface area contributed by atoms with Gasteiger partial charge < -0.3 is 10.6 Å². The number of rotatable bonds is 5.